The van der Waals surface area contributed by atoms with Crippen molar-refractivity contribution in [2.24, 2.45) is 5.73 Å². The summed E-state index contributed by atoms with van der Waals surface area (Å²) in [4.78, 5) is 16.5. The molecule has 1 amide bonds. The number of alkyl halides is 3. The predicted molar refractivity (Wildman–Crippen MR) is 123 cm³/mol. The van der Waals surface area contributed by atoms with Crippen LogP contribution in [0.4, 0.5) is 27.6 Å². The van der Waals surface area contributed by atoms with Gasteiger partial charge in [-0.1, -0.05) is 6.07 Å². The average Bonchev–Trinajstić information content (AvgIpc) is 3.21. The Bertz CT molecular complexity index is 1180. The third-order valence-corrected chi connectivity index (χ3v) is 6.10. The molecule has 0 atom stereocenters. The van der Waals surface area contributed by atoms with Crippen molar-refractivity contribution >= 4 is 35.5 Å². The van der Waals surface area contributed by atoms with E-state index in [0.717, 1.165) is 61.5 Å². The zero-order valence-electron chi connectivity index (χ0n) is 17.9. The Kier molecular flexibility index (Phi) is 8.29. The van der Waals surface area contributed by atoms with Crippen molar-refractivity contribution in [3.63, 3.8) is 0 Å². The van der Waals surface area contributed by atoms with Crippen LogP contribution in [0.25, 0.3) is 11.3 Å². The number of nitrogens with two attached hydrogens (primary N) is 1. The first-order valence-corrected chi connectivity index (χ1v) is 11.1. The number of aromatic nitrogens is 2. The van der Waals surface area contributed by atoms with Gasteiger partial charge in [0.15, 0.2) is 0 Å². The van der Waals surface area contributed by atoms with E-state index in [2.05, 4.69) is 14.7 Å². The number of benzene rings is 1. The predicted octanol–water partition coefficient (Wildman–Crippen LogP) is 5.82. The number of ether oxygens (including phenoxy) is 1. The first-order valence-electron chi connectivity index (χ1n) is 10.3. The summed E-state index contributed by atoms with van der Waals surface area (Å²) >= 11 is 1.00. The molecule has 1 saturated carbocycles. The lowest BCUT2D eigenvalue weighted by Gasteiger charge is -2.26. The highest BCUT2D eigenvalue weighted by atomic mass is 35.5. The van der Waals surface area contributed by atoms with Crippen LogP contribution in [0.5, 0.6) is 5.06 Å². The van der Waals surface area contributed by atoms with Gasteiger partial charge in [0.2, 0.25) is 5.06 Å². The molecule has 1 aliphatic rings. The minimum atomic E-state index is -4.95. The Morgan fingerprint density at radius 3 is 2.37 bits per heavy atom. The lowest BCUT2D eigenvalue weighted by atomic mass is 9.94. The SMILES string of the molecule is Cl.NC1CCC(Oc2sncc2NC(=O)c2ccc(C(F)(F)F)c(-c3c(F)cccc3F)n2)CC1. The van der Waals surface area contributed by atoms with Gasteiger partial charge in [-0.25, -0.2) is 13.8 Å². The van der Waals surface area contributed by atoms with Gasteiger partial charge in [0.05, 0.1) is 29.1 Å². The van der Waals surface area contributed by atoms with Crippen LogP contribution in [0.1, 0.15) is 41.7 Å². The molecule has 0 radical (unpaired) electrons. The zero-order chi connectivity index (χ0) is 24.5. The highest BCUT2D eigenvalue weighted by Gasteiger charge is 2.36. The Morgan fingerprint density at radius 1 is 1.09 bits per heavy atom. The summed E-state index contributed by atoms with van der Waals surface area (Å²) in [6, 6.07) is 4.17. The van der Waals surface area contributed by atoms with E-state index in [-0.39, 0.29) is 30.2 Å². The maximum atomic E-state index is 14.3. The van der Waals surface area contributed by atoms with Crippen LogP contribution in [-0.2, 0) is 6.18 Å². The number of anilines is 1. The number of nitrogens with one attached hydrogen (secondary N) is 1. The Hall–Kier alpha value is -2.83. The van der Waals surface area contributed by atoms with E-state index in [0.29, 0.717) is 11.1 Å². The number of carbonyl (C=O) groups excluding carboxylic acids is 1. The molecular formula is C22H20ClF5N4O2S. The second-order valence-electron chi connectivity index (χ2n) is 7.82. The molecule has 1 fully saturated rings. The third-order valence-electron chi connectivity index (χ3n) is 5.41. The minimum Gasteiger partial charge on any atom is -0.478 e. The maximum Gasteiger partial charge on any atom is 0.418 e. The number of nitrogens with zero attached hydrogens (tertiary/aromatic N) is 2. The zero-order valence-corrected chi connectivity index (χ0v) is 19.6. The molecular weight excluding hydrogens is 515 g/mol. The second kappa shape index (κ2) is 10.8. The van der Waals surface area contributed by atoms with Gasteiger partial charge >= 0.3 is 6.18 Å². The molecule has 0 saturated heterocycles. The fourth-order valence-electron chi connectivity index (χ4n) is 3.67. The van der Waals surface area contributed by atoms with E-state index in [9.17, 15) is 26.7 Å². The van der Waals surface area contributed by atoms with Crippen LogP contribution < -0.4 is 15.8 Å². The van der Waals surface area contributed by atoms with Gasteiger partial charge in [0.25, 0.3) is 5.91 Å². The van der Waals surface area contributed by atoms with E-state index in [4.69, 9.17) is 10.5 Å². The Morgan fingerprint density at radius 2 is 1.74 bits per heavy atom. The van der Waals surface area contributed by atoms with Gasteiger partial charge in [0.1, 0.15) is 23.0 Å². The lowest BCUT2D eigenvalue weighted by molar-refractivity contribution is -0.137. The van der Waals surface area contributed by atoms with Crippen LogP contribution in [0, 0.1) is 11.6 Å². The molecule has 6 nitrogen and oxygen atoms in total. The molecule has 2 heterocycles. The molecule has 2 aromatic heterocycles. The van der Waals surface area contributed by atoms with Gasteiger partial charge in [-0.15, -0.1) is 12.4 Å². The van der Waals surface area contributed by atoms with Crippen molar-refractivity contribution in [3.8, 4) is 16.3 Å². The number of rotatable bonds is 5. The van der Waals surface area contributed by atoms with E-state index >= 15 is 0 Å². The topological polar surface area (TPSA) is 90.1 Å². The van der Waals surface area contributed by atoms with Gasteiger partial charge in [0, 0.05) is 17.6 Å². The fourth-order valence-corrected chi connectivity index (χ4v) is 4.31. The Balaban J connectivity index is 0.00000342. The number of hydrogen-bond donors (Lipinski definition) is 2. The second-order valence-corrected chi connectivity index (χ2v) is 8.59. The highest BCUT2D eigenvalue weighted by molar-refractivity contribution is 7.08. The van der Waals surface area contributed by atoms with Crippen molar-refractivity contribution in [2.75, 3.05) is 5.32 Å². The molecule has 3 N–H and O–H groups in total. The largest absolute Gasteiger partial charge is 0.478 e. The molecule has 0 unspecified atom stereocenters. The normalized spacial score (nSPS) is 18.0. The smallest absolute Gasteiger partial charge is 0.418 e. The standard InChI is InChI=1S/C22H19F5N4O2S.ClH/c23-14-2-1-3-15(24)18(14)19-13(22(25,26)27)8-9-16(30-19)20(32)31-17-10-29-34-21(17)33-12-6-4-11(28)5-7-12;/h1-3,8-12H,4-7,28H2,(H,31,32);1H. The van der Waals surface area contributed by atoms with E-state index in [1.165, 1.54) is 6.20 Å². The number of amides is 1. The summed E-state index contributed by atoms with van der Waals surface area (Å²) in [5.74, 6) is -3.36. The molecule has 0 aliphatic heterocycles. The molecule has 0 spiro atoms. The molecule has 4 rings (SSSR count). The van der Waals surface area contributed by atoms with Gasteiger partial charge in [-0.05, 0) is 49.9 Å². The molecule has 13 heteroatoms. The number of carbonyl (C=O) groups is 1. The highest BCUT2D eigenvalue weighted by Crippen LogP contribution is 2.38. The molecule has 1 aromatic carbocycles. The summed E-state index contributed by atoms with van der Waals surface area (Å²) in [6.07, 6.45) is -0.627. The third kappa shape index (κ3) is 6.06. The summed E-state index contributed by atoms with van der Waals surface area (Å²) in [5, 5.41) is 2.83. The van der Waals surface area contributed by atoms with Crippen LogP contribution in [0.3, 0.4) is 0 Å². The van der Waals surface area contributed by atoms with E-state index in [1.54, 1.807) is 0 Å². The molecule has 35 heavy (non-hydrogen) atoms. The van der Waals surface area contributed by atoms with Crippen molar-refractivity contribution in [1.82, 2.24) is 9.36 Å². The van der Waals surface area contributed by atoms with Crippen LogP contribution in [-0.4, -0.2) is 27.4 Å². The van der Waals surface area contributed by atoms with Crippen molar-refractivity contribution in [3.05, 3.63) is 59.4 Å². The van der Waals surface area contributed by atoms with Crippen molar-refractivity contribution in [1.29, 1.82) is 0 Å². The van der Waals surface area contributed by atoms with Gasteiger partial charge in [-0.3, -0.25) is 4.79 Å². The number of pyridine rings is 1. The summed E-state index contributed by atoms with van der Waals surface area (Å²) in [5.41, 5.74) is 2.28. The first kappa shape index (κ1) is 26.8. The number of halogens is 6. The van der Waals surface area contributed by atoms with Gasteiger partial charge < -0.3 is 15.8 Å². The quantitative estimate of drug-likeness (QED) is 0.402. The fraction of sp³-hybridized carbons (Fsp3) is 0.318. The minimum absolute atomic E-state index is 0. The molecule has 0 bridgehead atoms. The van der Waals surface area contributed by atoms with Crippen molar-refractivity contribution in [2.45, 2.75) is 44.0 Å². The molecule has 1 aliphatic carbocycles. The van der Waals surface area contributed by atoms with Gasteiger partial charge in [-0.2, -0.15) is 17.5 Å². The maximum absolute atomic E-state index is 14.3. The van der Waals surface area contributed by atoms with Crippen LogP contribution in [0.15, 0.2) is 36.5 Å². The molecule has 188 valence electrons. The van der Waals surface area contributed by atoms with Crippen LogP contribution >= 0.6 is 23.9 Å². The van der Waals surface area contributed by atoms with E-state index in [1.807, 2.05) is 0 Å². The Labute approximate surface area is 207 Å². The van der Waals surface area contributed by atoms with Crippen molar-refractivity contribution < 1.29 is 31.5 Å². The summed E-state index contributed by atoms with van der Waals surface area (Å²) in [7, 11) is 0. The lowest BCUT2D eigenvalue weighted by Crippen LogP contribution is -2.31. The summed E-state index contributed by atoms with van der Waals surface area (Å²) in [6.45, 7) is 0. The average molecular weight is 535 g/mol. The van der Waals surface area contributed by atoms with Crippen LogP contribution in [0.2, 0.25) is 0 Å². The summed E-state index contributed by atoms with van der Waals surface area (Å²) < 4.78 is 79.0. The first-order chi connectivity index (χ1) is 16.1. The van der Waals surface area contributed by atoms with E-state index < -0.39 is 46.2 Å². The molecule has 3 aromatic rings. The number of hydrogen-bond acceptors (Lipinski definition) is 6. The monoisotopic (exact) mass is 534 g/mol.